The number of amides is 1. The summed E-state index contributed by atoms with van der Waals surface area (Å²) in [7, 11) is -3.65. The highest BCUT2D eigenvalue weighted by atomic mass is 35.5. The zero-order valence-corrected chi connectivity index (χ0v) is 10.4. The maximum Gasteiger partial charge on any atom is 0.246 e. The van der Waals surface area contributed by atoms with Crippen molar-refractivity contribution in [3.8, 4) is 0 Å². The molecule has 0 saturated heterocycles. The summed E-state index contributed by atoms with van der Waals surface area (Å²) in [4.78, 5) is 10.8. The van der Waals surface area contributed by atoms with E-state index in [1.165, 1.54) is 19.1 Å². The molecular weight excluding hydrogens is 271 g/mol. The molecule has 8 heteroatoms. The monoisotopic (exact) mass is 280 g/mol. The standard InChI is InChI=1S/C9H10ClFN2O3S/c1-6(14)12-9-4-7(2-3-8(9)11)13-17(15,16)5-10/h2-4,13H,5H2,1H3,(H,12,14). The molecule has 0 saturated carbocycles. The normalized spacial score (nSPS) is 11.0. The number of nitrogens with one attached hydrogen (secondary N) is 2. The number of benzene rings is 1. The molecule has 0 atom stereocenters. The summed E-state index contributed by atoms with van der Waals surface area (Å²) >= 11 is 5.20. The van der Waals surface area contributed by atoms with Crippen LogP contribution in [0.15, 0.2) is 18.2 Å². The quantitative estimate of drug-likeness (QED) is 0.825. The number of sulfonamides is 1. The van der Waals surface area contributed by atoms with Crippen molar-refractivity contribution in [1.82, 2.24) is 0 Å². The van der Waals surface area contributed by atoms with E-state index in [4.69, 9.17) is 11.6 Å². The van der Waals surface area contributed by atoms with Gasteiger partial charge in [0.05, 0.1) is 11.4 Å². The second kappa shape index (κ2) is 5.33. The molecule has 94 valence electrons. The minimum absolute atomic E-state index is 0.104. The predicted octanol–water partition coefficient (Wildman–Crippen LogP) is 1.72. The van der Waals surface area contributed by atoms with Crippen molar-refractivity contribution < 1.29 is 17.6 Å². The molecule has 1 amide bonds. The molecular formula is C9H10ClFN2O3S. The first-order valence-electron chi connectivity index (χ1n) is 4.47. The van der Waals surface area contributed by atoms with Crippen LogP contribution in [0.2, 0.25) is 0 Å². The van der Waals surface area contributed by atoms with Gasteiger partial charge >= 0.3 is 0 Å². The van der Waals surface area contributed by atoms with Gasteiger partial charge in [-0.25, -0.2) is 12.8 Å². The van der Waals surface area contributed by atoms with E-state index in [-0.39, 0.29) is 11.4 Å². The maximum absolute atomic E-state index is 13.2. The minimum atomic E-state index is -3.65. The molecule has 0 aromatic heterocycles. The molecule has 5 nitrogen and oxygen atoms in total. The summed E-state index contributed by atoms with van der Waals surface area (Å²) in [5.41, 5.74) is 0.0167. The van der Waals surface area contributed by atoms with Crippen molar-refractivity contribution in [2.45, 2.75) is 6.92 Å². The summed E-state index contributed by atoms with van der Waals surface area (Å²) in [5, 5.41) is 1.62. The van der Waals surface area contributed by atoms with Crippen LogP contribution < -0.4 is 10.0 Å². The van der Waals surface area contributed by atoms with E-state index in [0.29, 0.717) is 0 Å². The van der Waals surface area contributed by atoms with Gasteiger partial charge in [-0.1, -0.05) is 0 Å². The van der Waals surface area contributed by atoms with Gasteiger partial charge in [0, 0.05) is 6.92 Å². The van der Waals surface area contributed by atoms with E-state index in [0.717, 1.165) is 6.07 Å². The average Bonchev–Trinajstić information content (AvgIpc) is 2.22. The van der Waals surface area contributed by atoms with Crippen molar-refractivity contribution in [2.24, 2.45) is 0 Å². The van der Waals surface area contributed by atoms with Crippen molar-refractivity contribution >= 4 is 38.9 Å². The second-order valence-corrected chi connectivity index (χ2v) is 5.51. The Balaban J connectivity index is 3.00. The van der Waals surface area contributed by atoms with Crippen molar-refractivity contribution in [3.05, 3.63) is 24.0 Å². The summed E-state index contributed by atoms with van der Waals surface area (Å²) in [6, 6.07) is 3.43. The third-order valence-electron chi connectivity index (χ3n) is 1.69. The van der Waals surface area contributed by atoms with Gasteiger partial charge in [-0.05, 0) is 18.2 Å². The van der Waals surface area contributed by atoms with Crippen LogP contribution in [0.4, 0.5) is 15.8 Å². The van der Waals surface area contributed by atoms with Gasteiger partial charge in [-0.15, -0.1) is 11.6 Å². The summed E-state index contributed by atoms with van der Waals surface area (Å²) in [6.45, 7) is 1.22. The first-order chi connectivity index (χ1) is 7.84. The first-order valence-corrected chi connectivity index (χ1v) is 6.66. The van der Waals surface area contributed by atoms with Crippen LogP contribution in [0, 0.1) is 5.82 Å². The van der Waals surface area contributed by atoms with Crippen LogP contribution in [-0.4, -0.2) is 19.5 Å². The predicted molar refractivity (Wildman–Crippen MR) is 64.0 cm³/mol. The fourth-order valence-electron chi connectivity index (χ4n) is 1.08. The minimum Gasteiger partial charge on any atom is -0.324 e. The Bertz CT molecular complexity index is 533. The van der Waals surface area contributed by atoms with E-state index in [1.807, 2.05) is 0 Å². The van der Waals surface area contributed by atoms with E-state index in [1.54, 1.807) is 0 Å². The number of rotatable bonds is 4. The molecule has 2 N–H and O–H groups in total. The van der Waals surface area contributed by atoms with Crippen molar-refractivity contribution in [1.29, 1.82) is 0 Å². The number of carbonyl (C=O) groups is 1. The van der Waals surface area contributed by atoms with Gasteiger partial charge in [-0.2, -0.15) is 0 Å². The lowest BCUT2D eigenvalue weighted by Crippen LogP contribution is -2.14. The Morgan fingerprint density at radius 3 is 2.65 bits per heavy atom. The summed E-state index contributed by atoms with van der Waals surface area (Å²) in [6.07, 6.45) is 0. The highest BCUT2D eigenvalue weighted by Crippen LogP contribution is 2.20. The molecule has 1 aromatic carbocycles. The van der Waals surface area contributed by atoms with Crippen LogP contribution in [0.3, 0.4) is 0 Å². The SMILES string of the molecule is CC(=O)Nc1cc(NS(=O)(=O)CCl)ccc1F. The van der Waals surface area contributed by atoms with Gasteiger partial charge in [-0.3, -0.25) is 9.52 Å². The third-order valence-corrected chi connectivity index (χ3v) is 3.39. The molecule has 0 aliphatic carbocycles. The van der Waals surface area contributed by atoms with Crippen molar-refractivity contribution in [2.75, 3.05) is 15.3 Å². The molecule has 1 rings (SSSR count). The highest BCUT2D eigenvalue weighted by Gasteiger charge is 2.10. The first kappa shape index (κ1) is 13.7. The number of hydrogen-bond acceptors (Lipinski definition) is 3. The van der Waals surface area contributed by atoms with Crippen LogP contribution in [-0.2, 0) is 14.8 Å². The molecule has 0 aliphatic heterocycles. The number of halogens is 2. The zero-order valence-electron chi connectivity index (χ0n) is 8.83. The number of hydrogen-bond donors (Lipinski definition) is 2. The number of carbonyl (C=O) groups excluding carboxylic acids is 1. The van der Waals surface area contributed by atoms with E-state index in [2.05, 4.69) is 10.0 Å². The lowest BCUT2D eigenvalue weighted by Gasteiger charge is -2.08. The van der Waals surface area contributed by atoms with Gasteiger partial charge in [0.1, 0.15) is 11.0 Å². The molecule has 0 bridgehead atoms. The molecule has 0 fully saturated rings. The Labute approximate surface area is 103 Å². The number of anilines is 2. The fourth-order valence-corrected chi connectivity index (χ4v) is 1.79. The Hall–Kier alpha value is -1.34. The van der Waals surface area contributed by atoms with Crippen molar-refractivity contribution in [3.63, 3.8) is 0 Å². The Morgan fingerprint density at radius 2 is 2.12 bits per heavy atom. The molecule has 0 aliphatic rings. The zero-order chi connectivity index (χ0) is 13.1. The summed E-state index contributed by atoms with van der Waals surface area (Å²) < 4.78 is 37.7. The van der Waals surface area contributed by atoms with E-state index < -0.39 is 27.0 Å². The molecule has 0 unspecified atom stereocenters. The van der Waals surface area contributed by atoms with Gasteiger partial charge in [0.25, 0.3) is 0 Å². The van der Waals surface area contributed by atoms with Crippen LogP contribution >= 0.6 is 11.6 Å². The molecule has 1 aromatic rings. The molecule has 0 heterocycles. The van der Waals surface area contributed by atoms with Gasteiger partial charge < -0.3 is 5.32 Å². The molecule has 0 spiro atoms. The van der Waals surface area contributed by atoms with Crippen LogP contribution in [0.5, 0.6) is 0 Å². The highest BCUT2D eigenvalue weighted by molar-refractivity contribution is 7.93. The van der Waals surface area contributed by atoms with Crippen LogP contribution in [0.25, 0.3) is 0 Å². The number of alkyl halides is 1. The van der Waals surface area contributed by atoms with Crippen LogP contribution in [0.1, 0.15) is 6.92 Å². The lowest BCUT2D eigenvalue weighted by atomic mass is 10.2. The Morgan fingerprint density at radius 1 is 1.47 bits per heavy atom. The van der Waals surface area contributed by atoms with Gasteiger partial charge in [0.2, 0.25) is 15.9 Å². The Kier molecular flexibility index (Phi) is 4.30. The fraction of sp³-hybridized carbons (Fsp3) is 0.222. The second-order valence-electron chi connectivity index (χ2n) is 3.20. The lowest BCUT2D eigenvalue weighted by molar-refractivity contribution is -0.114. The third kappa shape index (κ3) is 4.20. The largest absolute Gasteiger partial charge is 0.324 e. The summed E-state index contributed by atoms with van der Waals surface area (Å²) in [5.74, 6) is -1.12. The smallest absolute Gasteiger partial charge is 0.246 e. The maximum atomic E-state index is 13.2. The van der Waals surface area contributed by atoms with Gasteiger partial charge in [0.15, 0.2) is 0 Å². The van der Waals surface area contributed by atoms with E-state index in [9.17, 15) is 17.6 Å². The average molecular weight is 281 g/mol. The molecule has 17 heavy (non-hydrogen) atoms. The molecule has 0 radical (unpaired) electrons. The van der Waals surface area contributed by atoms with E-state index >= 15 is 0 Å². The topological polar surface area (TPSA) is 75.3 Å².